The molecule has 0 aliphatic rings. The molecule has 0 saturated heterocycles. The summed E-state index contributed by atoms with van der Waals surface area (Å²) >= 11 is 0. The van der Waals surface area contributed by atoms with Crippen LogP contribution in [0.5, 0.6) is 0 Å². The molecule has 0 spiro atoms. The first-order valence-corrected chi connectivity index (χ1v) is 6.05. The van der Waals surface area contributed by atoms with E-state index in [9.17, 15) is 39.6 Å². The van der Waals surface area contributed by atoms with Gasteiger partial charge in [-0.25, -0.2) is 0 Å². The summed E-state index contributed by atoms with van der Waals surface area (Å²) in [6.45, 7) is 0. The molecule has 0 saturated carbocycles. The number of rotatable bonds is 10. The fourth-order valence-corrected chi connectivity index (χ4v) is 1.08. The van der Waals surface area contributed by atoms with Crippen LogP contribution >= 0.6 is 0 Å². The van der Waals surface area contributed by atoms with Crippen molar-refractivity contribution in [2.24, 2.45) is 0 Å². The molecule has 0 bridgehead atoms. The maximum absolute atomic E-state index is 9.77. The van der Waals surface area contributed by atoms with Crippen molar-refractivity contribution in [3.05, 3.63) is 0 Å². The third-order valence-corrected chi connectivity index (χ3v) is 2.02. The first-order valence-electron chi connectivity index (χ1n) is 6.05. The van der Waals surface area contributed by atoms with E-state index in [0.29, 0.717) is 25.7 Å². The molecule has 0 aromatic carbocycles. The minimum atomic E-state index is -1.14. The molecule has 8 nitrogen and oxygen atoms in total. The van der Waals surface area contributed by atoms with Gasteiger partial charge in [0.25, 0.3) is 0 Å². The summed E-state index contributed by atoms with van der Waals surface area (Å²) in [6, 6.07) is 0. The second-order valence-corrected chi connectivity index (χ2v) is 3.90. The smallest absolute Gasteiger partial charge is 0.550 e. The summed E-state index contributed by atoms with van der Waals surface area (Å²) in [5.74, 6) is -4.56. The van der Waals surface area contributed by atoms with Gasteiger partial charge in [0, 0.05) is 23.9 Å². The van der Waals surface area contributed by atoms with Gasteiger partial charge in [0.2, 0.25) is 0 Å². The summed E-state index contributed by atoms with van der Waals surface area (Å²) in [7, 11) is 0. The molecule has 0 amide bonds. The Balaban J connectivity index is -0.0000000579. The van der Waals surface area contributed by atoms with Crippen molar-refractivity contribution in [2.75, 3.05) is 0 Å². The molecular weight excluding hydrogens is 364 g/mol. The molecule has 0 fully saturated rings. The molecule has 24 heavy (non-hydrogen) atoms. The molecule has 0 aromatic heterocycles. The Labute approximate surface area is 229 Å². The second-order valence-electron chi connectivity index (χ2n) is 3.90. The number of unbranched alkanes of at least 4 members (excludes halogenated alkanes) is 2. The third-order valence-electron chi connectivity index (χ3n) is 2.02. The van der Waals surface area contributed by atoms with E-state index in [1.54, 1.807) is 0 Å². The van der Waals surface area contributed by atoms with Crippen molar-refractivity contribution in [3.8, 4) is 0 Å². The number of carbonyl (C=O) groups excluding carboxylic acids is 4. The predicted octanol–water partition coefficient (Wildman–Crippen LogP) is -15.9. The Morgan fingerprint density at radius 1 is 0.417 bits per heavy atom. The Bertz CT molecular complexity index is 275. The zero-order valence-electron chi connectivity index (χ0n) is 14.9. The monoisotopic (exact) mass is 380 g/mol. The van der Waals surface area contributed by atoms with Crippen LogP contribution < -0.4 is 139 Å². The van der Waals surface area contributed by atoms with Crippen LogP contribution in [0.2, 0.25) is 0 Å². The Kier molecular flexibility index (Phi) is 50.1. The number of carboxylic acids is 4. The van der Waals surface area contributed by atoms with Crippen LogP contribution in [-0.4, -0.2) is 23.9 Å². The van der Waals surface area contributed by atoms with E-state index in [1.165, 1.54) is 0 Å². The van der Waals surface area contributed by atoms with Crippen molar-refractivity contribution in [1.82, 2.24) is 0 Å². The van der Waals surface area contributed by atoms with Crippen LogP contribution in [0.4, 0.5) is 0 Å². The molecule has 0 aliphatic carbocycles. The van der Waals surface area contributed by atoms with E-state index < -0.39 is 23.9 Å². The zero-order valence-corrected chi connectivity index (χ0v) is 22.9. The summed E-state index contributed by atoms with van der Waals surface area (Å²) in [4.78, 5) is 39.1. The van der Waals surface area contributed by atoms with Gasteiger partial charge in [0.1, 0.15) is 0 Å². The Morgan fingerprint density at radius 3 is 0.625 bits per heavy atom. The van der Waals surface area contributed by atoms with E-state index in [2.05, 4.69) is 0 Å². The largest absolute Gasteiger partial charge is 1.00 e. The number of hydrogen-bond donors (Lipinski definition) is 0. The number of hydrogen-bond acceptors (Lipinski definition) is 8. The molecule has 0 atom stereocenters. The van der Waals surface area contributed by atoms with E-state index in [4.69, 9.17) is 0 Å². The molecule has 0 aliphatic heterocycles. The van der Waals surface area contributed by atoms with Gasteiger partial charge in [0.05, 0.1) is 0 Å². The maximum atomic E-state index is 9.77. The molecule has 116 valence electrons. The molecule has 0 unspecified atom stereocenters. The molecule has 0 rings (SSSR count). The van der Waals surface area contributed by atoms with Crippen LogP contribution in [0.1, 0.15) is 51.4 Å². The quantitative estimate of drug-likeness (QED) is 0.267. The topological polar surface area (TPSA) is 161 Å². The number of aliphatic carboxylic acids is 4. The summed E-state index contributed by atoms with van der Waals surface area (Å²) in [5, 5.41) is 39.1. The van der Waals surface area contributed by atoms with Gasteiger partial charge in [-0.2, -0.15) is 0 Å². The van der Waals surface area contributed by atoms with E-state index >= 15 is 0 Å². The van der Waals surface area contributed by atoms with Crippen molar-refractivity contribution in [2.45, 2.75) is 51.4 Å². The summed E-state index contributed by atoms with van der Waals surface area (Å²) in [5.41, 5.74) is 0. The number of carbonyl (C=O) groups is 4. The third kappa shape index (κ3) is 49.6. The van der Waals surface area contributed by atoms with Crippen LogP contribution in [0.25, 0.3) is 0 Å². The standard InChI is InChI=1S/2C6H10O4.4Na/c2*7-5(8)3-1-2-4-6(9)10;;;;/h2*1-4H2,(H,7,8)(H,9,10);;;;/q;;4*+1/p-4. The molecule has 12 heteroatoms. The van der Waals surface area contributed by atoms with Crippen molar-refractivity contribution in [1.29, 1.82) is 0 Å². The molecule has 0 heterocycles. The van der Waals surface area contributed by atoms with E-state index in [0.717, 1.165) is 0 Å². The second kappa shape index (κ2) is 29.6. The van der Waals surface area contributed by atoms with Crippen molar-refractivity contribution >= 4 is 23.9 Å². The zero-order chi connectivity index (χ0) is 16.0. The molecule has 0 N–H and O–H groups in total. The van der Waals surface area contributed by atoms with E-state index in [-0.39, 0.29) is 144 Å². The van der Waals surface area contributed by atoms with Gasteiger partial charge >= 0.3 is 118 Å². The van der Waals surface area contributed by atoms with Gasteiger partial charge < -0.3 is 39.6 Å². The minimum Gasteiger partial charge on any atom is -0.550 e. The molecule has 0 radical (unpaired) electrons. The summed E-state index contributed by atoms with van der Waals surface area (Å²) < 4.78 is 0. The molecule has 0 aromatic rings. The van der Waals surface area contributed by atoms with Gasteiger partial charge in [-0.05, 0) is 51.4 Å². The van der Waals surface area contributed by atoms with Gasteiger partial charge in [-0.15, -0.1) is 0 Å². The fraction of sp³-hybridized carbons (Fsp3) is 0.667. The van der Waals surface area contributed by atoms with E-state index in [1.807, 2.05) is 0 Å². The van der Waals surface area contributed by atoms with Crippen LogP contribution in [-0.2, 0) is 19.2 Å². The van der Waals surface area contributed by atoms with Crippen LogP contribution in [0, 0.1) is 0 Å². The van der Waals surface area contributed by atoms with Crippen LogP contribution in [0.3, 0.4) is 0 Å². The van der Waals surface area contributed by atoms with Gasteiger partial charge in [-0.3, -0.25) is 0 Å². The number of carboxylic acid groups (broad SMARTS) is 4. The van der Waals surface area contributed by atoms with Crippen molar-refractivity contribution in [3.63, 3.8) is 0 Å². The van der Waals surface area contributed by atoms with Crippen molar-refractivity contribution < 1.29 is 158 Å². The SMILES string of the molecule is O=C([O-])CCCCC(=O)[O-].O=C([O-])CCCCC(=O)[O-].[Na+].[Na+].[Na+].[Na+]. The Morgan fingerprint density at radius 2 is 0.542 bits per heavy atom. The Hall–Kier alpha value is 1.88. The average Bonchev–Trinajstić information content (AvgIpc) is 2.30. The fourth-order valence-electron chi connectivity index (χ4n) is 1.08. The first-order chi connectivity index (χ1) is 9.25. The van der Waals surface area contributed by atoms with Gasteiger partial charge in [-0.1, -0.05) is 0 Å². The van der Waals surface area contributed by atoms with Gasteiger partial charge in [0.15, 0.2) is 0 Å². The maximum Gasteiger partial charge on any atom is 1.00 e. The predicted molar refractivity (Wildman–Crippen MR) is 57.0 cm³/mol. The minimum absolute atomic E-state index is 0. The average molecular weight is 380 g/mol. The molecular formula is C12H16Na4O8. The van der Waals surface area contributed by atoms with Crippen LogP contribution in [0.15, 0.2) is 0 Å². The summed E-state index contributed by atoms with van der Waals surface area (Å²) in [6.07, 6.45) is 1.07. The normalized spacial score (nSPS) is 7.67. The first kappa shape index (κ1) is 40.5.